The molecule has 0 aliphatic heterocycles. The number of para-hydroxylation sites is 1. The van der Waals surface area contributed by atoms with E-state index in [-0.39, 0.29) is 6.09 Å². The van der Waals surface area contributed by atoms with Crippen molar-refractivity contribution in [3.63, 3.8) is 0 Å². The molecule has 1 radical (unpaired) electrons. The van der Waals surface area contributed by atoms with E-state index in [1.54, 1.807) is 0 Å². The van der Waals surface area contributed by atoms with Crippen LogP contribution in [0.4, 0.5) is 10.5 Å². The fraction of sp³-hybridized carbons (Fsp3) is 0.333. The molecule has 3 nitrogen and oxygen atoms in total. The zero-order valence-electron chi connectivity index (χ0n) is 8.98. The summed E-state index contributed by atoms with van der Waals surface area (Å²) in [5, 5.41) is 0. The van der Waals surface area contributed by atoms with Crippen LogP contribution in [0.15, 0.2) is 30.3 Å². The molecule has 0 aliphatic rings. The minimum absolute atomic E-state index is 0.335. The lowest BCUT2D eigenvalue weighted by Crippen LogP contribution is -2.31. The largest absolute Gasteiger partial charge is 0.449 e. The van der Waals surface area contributed by atoms with Crippen LogP contribution in [0.3, 0.4) is 0 Å². The van der Waals surface area contributed by atoms with Crippen molar-refractivity contribution in [2.24, 2.45) is 0 Å². The Morgan fingerprint density at radius 1 is 1.40 bits per heavy atom. The molecule has 0 bridgehead atoms. The first-order valence-electron chi connectivity index (χ1n) is 5.08. The molecular weight excluding hydrogens is 190 g/mol. The van der Waals surface area contributed by atoms with Crippen LogP contribution in [0.2, 0.25) is 0 Å². The van der Waals surface area contributed by atoms with Gasteiger partial charge in [-0.15, -0.1) is 0 Å². The number of anilines is 1. The Labute approximate surface area is 90.7 Å². The number of carbonyl (C=O) groups is 1. The summed E-state index contributed by atoms with van der Waals surface area (Å²) in [4.78, 5) is 13.1. The maximum absolute atomic E-state index is 11.6. The smallest absolute Gasteiger partial charge is 0.414 e. The molecule has 1 aromatic carbocycles. The van der Waals surface area contributed by atoms with Gasteiger partial charge in [0.25, 0.3) is 0 Å². The number of carbonyl (C=O) groups excluding carboxylic acids is 1. The van der Waals surface area contributed by atoms with Crippen LogP contribution in [0, 0.1) is 6.92 Å². The standard InChI is InChI=1S/C12H16NO2/c1-3-10-15-12(14)13(4-2)11-8-6-5-7-9-11/h5-9H,2-4,10H2,1H3. The number of ether oxygens (including phenoxy) is 1. The molecule has 0 heterocycles. The summed E-state index contributed by atoms with van der Waals surface area (Å²) >= 11 is 0. The second-order valence-corrected chi connectivity index (χ2v) is 3.10. The number of nitrogens with zero attached hydrogens (tertiary/aromatic N) is 1. The number of hydrogen-bond acceptors (Lipinski definition) is 2. The van der Waals surface area contributed by atoms with Gasteiger partial charge in [-0.1, -0.05) is 25.1 Å². The molecular formula is C12H16NO2. The molecule has 0 saturated heterocycles. The normalized spacial score (nSPS) is 9.73. The van der Waals surface area contributed by atoms with Gasteiger partial charge in [-0.2, -0.15) is 0 Å². The van der Waals surface area contributed by atoms with Gasteiger partial charge in [0.05, 0.1) is 6.61 Å². The van der Waals surface area contributed by atoms with Crippen LogP contribution in [-0.4, -0.2) is 19.2 Å². The summed E-state index contributed by atoms with van der Waals surface area (Å²) in [7, 11) is 0. The highest BCUT2D eigenvalue weighted by Crippen LogP contribution is 2.13. The number of benzene rings is 1. The van der Waals surface area contributed by atoms with Crippen molar-refractivity contribution in [2.45, 2.75) is 13.3 Å². The highest BCUT2D eigenvalue weighted by Gasteiger charge is 2.13. The highest BCUT2D eigenvalue weighted by molar-refractivity contribution is 5.87. The van der Waals surface area contributed by atoms with Crippen LogP contribution in [0.25, 0.3) is 0 Å². The Bertz CT molecular complexity index is 298. The second kappa shape index (κ2) is 6.06. The SMILES string of the molecule is [CH2]CN(C(=O)OCCC)c1ccccc1. The van der Waals surface area contributed by atoms with Crippen molar-refractivity contribution in [1.29, 1.82) is 0 Å². The van der Waals surface area contributed by atoms with Crippen LogP contribution in [0.1, 0.15) is 13.3 Å². The van der Waals surface area contributed by atoms with Gasteiger partial charge in [-0.05, 0) is 25.5 Å². The molecule has 0 fully saturated rings. The average Bonchev–Trinajstić information content (AvgIpc) is 2.29. The molecule has 3 heteroatoms. The zero-order valence-corrected chi connectivity index (χ0v) is 8.98. The Balaban J connectivity index is 2.67. The van der Waals surface area contributed by atoms with Gasteiger partial charge >= 0.3 is 6.09 Å². The van der Waals surface area contributed by atoms with Gasteiger partial charge in [0.2, 0.25) is 0 Å². The maximum atomic E-state index is 11.6. The second-order valence-electron chi connectivity index (χ2n) is 3.10. The fourth-order valence-electron chi connectivity index (χ4n) is 1.20. The van der Waals surface area contributed by atoms with Gasteiger partial charge in [0.1, 0.15) is 0 Å². The van der Waals surface area contributed by atoms with E-state index in [0.29, 0.717) is 13.2 Å². The molecule has 1 rings (SSSR count). The predicted molar refractivity (Wildman–Crippen MR) is 60.8 cm³/mol. The maximum Gasteiger partial charge on any atom is 0.414 e. The van der Waals surface area contributed by atoms with Crippen LogP contribution in [-0.2, 0) is 4.74 Å². The lowest BCUT2D eigenvalue weighted by Gasteiger charge is -2.19. The molecule has 15 heavy (non-hydrogen) atoms. The Hall–Kier alpha value is -1.51. The minimum Gasteiger partial charge on any atom is -0.449 e. The Morgan fingerprint density at radius 3 is 2.60 bits per heavy atom. The first kappa shape index (κ1) is 11.6. The molecule has 0 saturated carbocycles. The van der Waals surface area contributed by atoms with E-state index in [9.17, 15) is 4.79 Å². The van der Waals surface area contributed by atoms with Crippen LogP contribution in [0.5, 0.6) is 0 Å². The summed E-state index contributed by atoms with van der Waals surface area (Å²) in [6.07, 6.45) is 0.490. The highest BCUT2D eigenvalue weighted by atomic mass is 16.6. The summed E-state index contributed by atoms with van der Waals surface area (Å²) in [5.74, 6) is 0. The number of hydrogen-bond donors (Lipinski definition) is 0. The van der Waals surface area contributed by atoms with Crippen molar-refractivity contribution in [3.8, 4) is 0 Å². The number of rotatable bonds is 4. The third-order valence-corrected chi connectivity index (χ3v) is 1.94. The molecule has 81 valence electrons. The lowest BCUT2D eigenvalue weighted by atomic mass is 10.3. The van der Waals surface area contributed by atoms with Crippen molar-refractivity contribution in [3.05, 3.63) is 37.3 Å². The quantitative estimate of drug-likeness (QED) is 0.758. The molecule has 0 unspecified atom stereocenters. The van der Waals surface area contributed by atoms with Crippen molar-refractivity contribution < 1.29 is 9.53 Å². The molecule has 1 amide bonds. The molecule has 0 N–H and O–H groups in total. The van der Waals surface area contributed by atoms with E-state index in [4.69, 9.17) is 4.74 Å². The third-order valence-electron chi connectivity index (χ3n) is 1.94. The molecule has 0 atom stereocenters. The van der Waals surface area contributed by atoms with Gasteiger partial charge in [0, 0.05) is 12.2 Å². The van der Waals surface area contributed by atoms with Crippen LogP contribution >= 0.6 is 0 Å². The summed E-state index contributed by atoms with van der Waals surface area (Å²) in [6.45, 7) is 6.49. The predicted octanol–water partition coefficient (Wildman–Crippen LogP) is 2.87. The van der Waals surface area contributed by atoms with Gasteiger partial charge in [-0.25, -0.2) is 4.79 Å². The molecule has 0 aliphatic carbocycles. The zero-order chi connectivity index (χ0) is 11.1. The minimum atomic E-state index is -0.335. The monoisotopic (exact) mass is 206 g/mol. The molecule has 0 spiro atoms. The van der Waals surface area contributed by atoms with Crippen molar-refractivity contribution in [1.82, 2.24) is 0 Å². The van der Waals surface area contributed by atoms with E-state index < -0.39 is 0 Å². The summed E-state index contributed by atoms with van der Waals surface area (Å²) < 4.78 is 5.05. The first-order chi connectivity index (χ1) is 7.29. The van der Waals surface area contributed by atoms with E-state index >= 15 is 0 Å². The van der Waals surface area contributed by atoms with E-state index in [1.165, 1.54) is 4.90 Å². The van der Waals surface area contributed by atoms with Gasteiger partial charge < -0.3 is 4.74 Å². The van der Waals surface area contributed by atoms with Crippen molar-refractivity contribution in [2.75, 3.05) is 18.1 Å². The summed E-state index contributed by atoms with van der Waals surface area (Å²) in [5.41, 5.74) is 0.814. The van der Waals surface area contributed by atoms with Crippen LogP contribution < -0.4 is 4.90 Å². The molecule has 0 aromatic heterocycles. The van der Waals surface area contributed by atoms with E-state index in [1.807, 2.05) is 37.3 Å². The molecule has 1 aromatic rings. The fourth-order valence-corrected chi connectivity index (χ4v) is 1.20. The summed E-state index contributed by atoms with van der Waals surface area (Å²) in [6, 6.07) is 9.38. The first-order valence-corrected chi connectivity index (χ1v) is 5.08. The van der Waals surface area contributed by atoms with Gasteiger partial charge in [-0.3, -0.25) is 4.90 Å². The average molecular weight is 206 g/mol. The Kier molecular flexibility index (Phi) is 4.68. The van der Waals surface area contributed by atoms with Crippen molar-refractivity contribution >= 4 is 11.8 Å². The van der Waals surface area contributed by atoms with Gasteiger partial charge in [0.15, 0.2) is 0 Å². The van der Waals surface area contributed by atoms with E-state index in [0.717, 1.165) is 12.1 Å². The topological polar surface area (TPSA) is 29.5 Å². The van der Waals surface area contributed by atoms with E-state index in [2.05, 4.69) is 6.92 Å². The Morgan fingerprint density at radius 2 is 2.07 bits per heavy atom. The third kappa shape index (κ3) is 3.27. The lowest BCUT2D eigenvalue weighted by molar-refractivity contribution is 0.154. The number of amides is 1.